The maximum atomic E-state index is 2.40. The standard InChI is InChI=1S/C104H68N2S2/c1-2-15-69(16-3-1)71-33-35-74(36-34-71)76-51-56-90(57-52-76)105(94-25-12-21-83(66-94)87-55-60-103-100(68-87)98-28-7-8-31-101(98)107-103)92-23-11-20-82(65-92)86-50-47-79-46-48-84(62-89(79)63-86)78-43-41-73(42-44-78)72-37-39-75(40-38-72)77-53-58-91(59-54-77)106(93-24-10-19-81(64-93)85-49-45-70-17-4-5-18-80(70)61-85)95-26-13-22-88(67-95)96-29-14-30-99-97-27-6-9-32-102(97)108-104(96)99/h1-68H. The van der Waals surface area contributed by atoms with Gasteiger partial charge in [-0.05, 0) is 237 Å². The van der Waals surface area contributed by atoms with Crippen LogP contribution in [0.1, 0.15) is 0 Å². The number of hydrogen-bond donors (Lipinski definition) is 0. The van der Waals surface area contributed by atoms with E-state index in [0.29, 0.717) is 0 Å². The van der Waals surface area contributed by atoms with Gasteiger partial charge < -0.3 is 9.80 Å². The van der Waals surface area contributed by atoms with Crippen LogP contribution in [0.15, 0.2) is 413 Å². The van der Waals surface area contributed by atoms with E-state index in [1.54, 1.807) is 0 Å². The Balaban J connectivity index is 0.573. The normalized spacial score (nSPS) is 11.5. The molecule has 0 saturated heterocycles. The van der Waals surface area contributed by atoms with E-state index < -0.39 is 0 Å². The lowest BCUT2D eigenvalue weighted by Gasteiger charge is -2.27. The Morgan fingerprint density at radius 3 is 0.963 bits per heavy atom. The molecule has 0 unspecified atom stereocenters. The summed E-state index contributed by atoms with van der Waals surface area (Å²) in [6.07, 6.45) is 0. The van der Waals surface area contributed by atoms with Crippen LogP contribution in [0.4, 0.5) is 34.1 Å². The molecule has 2 aromatic heterocycles. The molecule has 0 aliphatic heterocycles. The van der Waals surface area contributed by atoms with Gasteiger partial charge in [0, 0.05) is 74.5 Å². The van der Waals surface area contributed by atoms with Crippen LogP contribution in [0, 0.1) is 0 Å². The molecule has 20 rings (SSSR count). The van der Waals surface area contributed by atoms with Crippen molar-refractivity contribution in [2.24, 2.45) is 0 Å². The van der Waals surface area contributed by atoms with Crippen LogP contribution in [0.25, 0.3) is 162 Å². The van der Waals surface area contributed by atoms with Crippen LogP contribution in [-0.4, -0.2) is 0 Å². The van der Waals surface area contributed by atoms with Crippen LogP contribution in [-0.2, 0) is 0 Å². The third kappa shape index (κ3) is 12.2. The largest absolute Gasteiger partial charge is 0.310 e. The first kappa shape index (κ1) is 64.1. The number of hydrogen-bond acceptors (Lipinski definition) is 4. The molecule has 0 atom stereocenters. The summed E-state index contributed by atoms with van der Waals surface area (Å²) in [6, 6.07) is 152. The van der Waals surface area contributed by atoms with E-state index in [-0.39, 0.29) is 0 Å². The average Bonchev–Trinajstić information content (AvgIpc) is 1.54. The maximum absolute atomic E-state index is 2.40. The van der Waals surface area contributed by atoms with Crippen molar-refractivity contribution in [2.75, 3.05) is 9.80 Å². The van der Waals surface area contributed by atoms with E-state index in [9.17, 15) is 0 Å². The van der Waals surface area contributed by atoms with Crippen molar-refractivity contribution in [3.63, 3.8) is 0 Å². The number of nitrogens with zero attached hydrogens (tertiary/aromatic N) is 2. The van der Waals surface area contributed by atoms with Gasteiger partial charge in [-0.1, -0.05) is 297 Å². The zero-order chi connectivity index (χ0) is 71.4. The van der Waals surface area contributed by atoms with Crippen LogP contribution < -0.4 is 9.80 Å². The summed E-state index contributed by atoms with van der Waals surface area (Å²) in [4.78, 5) is 4.81. The Kier molecular flexibility index (Phi) is 16.4. The molecule has 0 amide bonds. The van der Waals surface area contributed by atoms with E-state index >= 15 is 0 Å². The zero-order valence-corrected chi connectivity index (χ0v) is 60.6. The number of anilines is 6. The highest BCUT2D eigenvalue weighted by Gasteiger charge is 2.20. The fourth-order valence-electron chi connectivity index (χ4n) is 15.8. The highest BCUT2D eigenvalue weighted by Crippen LogP contribution is 2.46. The number of rotatable bonds is 15. The first-order valence-electron chi connectivity index (χ1n) is 36.9. The minimum absolute atomic E-state index is 1.08. The summed E-state index contributed by atoms with van der Waals surface area (Å²) in [5.41, 5.74) is 27.8. The summed E-state index contributed by atoms with van der Waals surface area (Å²) in [5, 5.41) is 10.1. The molecule has 0 radical (unpaired) electrons. The third-order valence-electron chi connectivity index (χ3n) is 21.4. The van der Waals surface area contributed by atoms with Crippen LogP contribution in [0.2, 0.25) is 0 Å². The van der Waals surface area contributed by atoms with Crippen molar-refractivity contribution < 1.29 is 0 Å². The van der Waals surface area contributed by atoms with E-state index in [4.69, 9.17) is 0 Å². The van der Waals surface area contributed by atoms with Gasteiger partial charge in [0.1, 0.15) is 0 Å². The van der Waals surface area contributed by atoms with Gasteiger partial charge in [-0.3, -0.25) is 0 Å². The highest BCUT2D eigenvalue weighted by atomic mass is 32.1. The first-order chi connectivity index (χ1) is 53.4. The lowest BCUT2D eigenvalue weighted by molar-refractivity contribution is 1.28. The summed E-state index contributed by atoms with van der Waals surface area (Å²) in [7, 11) is 0. The minimum atomic E-state index is 1.08. The molecule has 0 aliphatic rings. The summed E-state index contributed by atoms with van der Waals surface area (Å²) < 4.78 is 5.23. The predicted octanol–water partition coefficient (Wildman–Crippen LogP) is 30.7. The number of thiophene rings is 2. The monoisotopic (exact) mass is 1410 g/mol. The molecule has 2 nitrogen and oxygen atoms in total. The van der Waals surface area contributed by atoms with Crippen LogP contribution >= 0.6 is 22.7 Å². The second kappa shape index (κ2) is 27.5. The topological polar surface area (TPSA) is 6.48 Å². The predicted molar refractivity (Wildman–Crippen MR) is 466 cm³/mol. The second-order valence-corrected chi connectivity index (χ2v) is 30.1. The number of benzene rings is 18. The molecule has 506 valence electrons. The molecule has 2 heterocycles. The Bertz CT molecular complexity index is 6770. The van der Waals surface area contributed by atoms with Gasteiger partial charge in [-0.2, -0.15) is 0 Å². The summed E-state index contributed by atoms with van der Waals surface area (Å²) in [5.74, 6) is 0. The fourth-order valence-corrected chi connectivity index (χ4v) is 18.2. The van der Waals surface area contributed by atoms with E-state index in [1.807, 2.05) is 22.7 Å². The summed E-state index contributed by atoms with van der Waals surface area (Å²) in [6.45, 7) is 0. The number of fused-ring (bicyclic) bond motifs is 8. The first-order valence-corrected chi connectivity index (χ1v) is 38.5. The molecule has 0 N–H and O–H groups in total. The van der Waals surface area contributed by atoms with Crippen molar-refractivity contribution in [3.8, 4) is 100 Å². The van der Waals surface area contributed by atoms with Gasteiger partial charge in [0.05, 0.1) is 0 Å². The Labute approximate surface area is 636 Å². The molecule has 0 aliphatic carbocycles. The lowest BCUT2D eigenvalue weighted by atomic mass is 9.95. The van der Waals surface area contributed by atoms with Gasteiger partial charge in [0.2, 0.25) is 0 Å². The highest BCUT2D eigenvalue weighted by molar-refractivity contribution is 7.26. The Hall–Kier alpha value is -13.5. The molecular formula is C104H68N2S2. The van der Waals surface area contributed by atoms with Gasteiger partial charge in [-0.15, -0.1) is 22.7 Å². The average molecular weight is 1410 g/mol. The van der Waals surface area contributed by atoms with Gasteiger partial charge in [0.15, 0.2) is 0 Å². The molecule has 0 fully saturated rings. The smallest absolute Gasteiger partial charge is 0.0467 e. The third-order valence-corrected chi connectivity index (χ3v) is 23.8. The quantitative estimate of drug-likeness (QED) is 0.101. The SMILES string of the molecule is c1ccc(-c2ccc(-c3ccc(N(c4cccc(-c5ccc6ccc(-c7ccc(-c8ccc(-c9ccc(N(c%10cccc(-c%11ccc%12ccccc%12c%11)c%10)c%10cccc(-c%11cccc%12c%11sc%11ccccc%11%12)c%10)cc9)cc8)cc7)cc6c5)c4)c4cccc(-c5ccc6sc7ccccc7c6c5)c4)cc3)cc2)cc1. The van der Waals surface area contributed by atoms with Crippen LogP contribution in [0.3, 0.4) is 0 Å². The van der Waals surface area contributed by atoms with Crippen molar-refractivity contribution in [3.05, 3.63) is 413 Å². The molecule has 0 spiro atoms. The molecule has 4 heteroatoms. The van der Waals surface area contributed by atoms with Crippen LogP contribution in [0.5, 0.6) is 0 Å². The molecule has 0 bridgehead atoms. The maximum Gasteiger partial charge on any atom is 0.0467 e. The van der Waals surface area contributed by atoms with E-state index in [0.717, 1.165) is 50.8 Å². The van der Waals surface area contributed by atoms with Gasteiger partial charge >= 0.3 is 0 Å². The summed E-state index contributed by atoms with van der Waals surface area (Å²) >= 11 is 3.73. The second-order valence-electron chi connectivity index (χ2n) is 28.0. The van der Waals surface area contributed by atoms with E-state index in [2.05, 4.69) is 422 Å². The Morgan fingerprint density at radius 1 is 0.148 bits per heavy atom. The zero-order valence-electron chi connectivity index (χ0n) is 59.0. The molecule has 20 aromatic rings. The van der Waals surface area contributed by atoms with Crippen molar-refractivity contribution >= 4 is 119 Å². The molecule has 108 heavy (non-hydrogen) atoms. The Morgan fingerprint density at radius 2 is 0.454 bits per heavy atom. The van der Waals surface area contributed by atoms with Gasteiger partial charge in [0.25, 0.3) is 0 Å². The molecule has 0 saturated carbocycles. The molecular weight excluding hydrogens is 1340 g/mol. The lowest BCUT2D eigenvalue weighted by Crippen LogP contribution is -2.10. The van der Waals surface area contributed by atoms with E-state index in [1.165, 1.54) is 145 Å². The fraction of sp³-hybridized carbons (Fsp3) is 0. The van der Waals surface area contributed by atoms with Gasteiger partial charge in [-0.25, -0.2) is 0 Å². The van der Waals surface area contributed by atoms with Crippen molar-refractivity contribution in [1.29, 1.82) is 0 Å². The minimum Gasteiger partial charge on any atom is -0.310 e. The van der Waals surface area contributed by atoms with Crippen molar-refractivity contribution in [1.82, 2.24) is 0 Å². The molecule has 18 aromatic carbocycles. The van der Waals surface area contributed by atoms with Crippen molar-refractivity contribution in [2.45, 2.75) is 0 Å².